The summed E-state index contributed by atoms with van der Waals surface area (Å²) < 4.78 is 11.9. The first-order valence-corrected chi connectivity index (χ1v) is 12.3. The number of hydrogen-bond acceptors (Lipinski definition) is 2. The third kappa shape index (κ3) is 13.3. The third-order valence-corrected chi connectivity index (χ3v) is 5.44. The fourth-order valence-corrected chi connectivity index (χ4v) is 3.53. The monoisotopic (exact) mass is 410 g/mol. The highest BCUT2D eigenvalue weighted by Gasteiger charge is 2.04. The summed E-state index contributed by atoms with van der Waals surface area (Å²) in [5, 5.41) is 0. The van der Waals surface area contributed by atoms with E-state index in [-0.39, 0.29) is 0 Å². The van der Waals surface area contributed by atoms with Crippen LogP contribution in [0.2, 0.25) is 0 Å². The van der Waals surface area contributed by atoms with Gasteiger partial charge in [-0.25, -0.2) is 0 Å². The lowest BCUT2D eigenvalue weighted by molar-refractivity contribution is 0.289. The molecule has 0 saturated carbocycles. The van der Waals surface area contributed by atoms with E-state index in [0.717, 1.165) is 43.1 Å². The van der Waals surface area contributed by atoms with Gasteiger partial charge in [0, 0.05) is 11.9 Å². The number of hydrogen-bond donors (Lipinski definition) is 0. The van der Waals surface area contributed by atoms with Crippen LogP contribution in [0.1, 0.15) is 109 Å². The molecule has 0 bridgehead atoms. The molecule has 1 aromatic carbocycles. The van der Waals surface area contributed by atoms with Crippen LogP contribution >= 0.6 is 11.6 Å². The highest BCUT2D eigenvalue weighted by atomic mass is 35.5. The van der Waals surface area contributed by atoms with E-state index >= 15 is 0 Å². The molecular weight excluding hydrogens is 368 g/mol. The van der Waals surface area contributed by atoms with Gasteiger partial charge in [-0.3, -0.25) is 0 Å². The first-order valence-electron chi connectivity index (χ1n) is 11.8. The van der Waals surface area contributed by atoms with Crippen molar-refractivity contribution >= 4 is 11.6 Å². The smallest absolute Gasteiger partial charge is 0.123 e. The van der Waals surface area contributed by atoms with Gasteiger partial charge < -0.3 is 9.47 Å². The molecule has 0 N–H and O–H groups in total. The zero-order valence-electron chi connectivity index (χ0n) is 18.4. The van der Waals surface area contributed by atoms with Crippen LogP contribution in [-0.2, 0) is 5.88 Å². The predicted molar refractivity (Wildman–Crippen MR) is 123 cm³/mol. The number of rotatable bonds is 19. The van der Waals surface area contributed by atoms with Crippen molar-refractivity contribution in [2.75, 3.05) is 13.2 Å². The summed E-state index contributed by atoms with van der Waals surface area (Å²) in [5.74, 6) is 2.26. The van der Waals surface area contributed by atoms with Crippen LogP contribution in [0.5, 0.6) is 11.5 Å². The molecule has 3 heteroatoms. The third-order valence-electron chi connectivity index (χ3n) is 5.13. The van der Waals surface area contributed by atoms with Gasteiger partial charge in [-0.1, -0.05) is 90.9 Å². The highest BCUT2D eigenvalue weighted by molar-refractivity contribution is 6.17. The quantitative estimate of drug-likeness (QED) is 0.168. The summed E-state index contributed by atoms with van der Waals surface area (Å²) in [6.45, 7) is 6.07. The molecule has 0 aliphatic carbocycles. The van der Waals surface area contributed by atoms with Gasteiger partial charge in [0.05, 0.1) is 13.2 Å². The maximum Gasteiger partial charge on any atom is 0.123 e. The molecule has 0 spiro atoms. The standard InChI is InChI=1S/C25H43ClO2/c1-3-5-7-9-11-13-15-17-27-24-19-23(22-26)20-25(21-24)28-18-16-14-12-10-8-6-4-2/h19-21H,3-18,22H2,1-2H3. The first kappa shape index (κ1) is 25.1. The van der Waals surface area contributed by atoms with E-state index in [4.69, 9.17) is 21.1 Å². The van der Waals surface area contributed by atoms with Crippen LogP contribution in [0.25, 0.3) is 0 Å². The molecule has 162 valence electrons. The Kier molecular flexibility index (Phi) is 16.3. The number of benzene rings is 1. The minimum Gasteiger partial charge on any atom is -0.493 e. The summed E-state index contributed by atoms with van der Waals surface area (Å²) in [4.78, 5) is 0. The zero-order valence-corrected chi connectivity index (χ0v) is 19.2. The molecule has 0 aliphatic rings. The van der Waals surface area contributed by atoms with E-state index in [9.17, 15) is 0 Å². The highest BCUT2D eigenvalue weighted by Crippen LogP contribution is 2.25. The zero-order chi connectivity index (χ0) is 20.3. The fourth-order valence-electron chi connectivity index (χ4n) is 3.37. The van der Waals surface area contributed by atoms with Gasteiger partial charge >= 0.3 is 0 Å². The Hall–Kier alpha value is -0.890. The van der Waals surface area contributed by atoms with E-state index in [1.165, 1.54) is 77.0 Å². The van der Waals surface area contributed by atoms with Crippen molar-refractivity contribution in [2.45, 2.75) is 110 Å². The van der Waals surface area contributed by atoms with E-state index in [1.807, 2.05) is 18.2 Å². The maximum absolute atomic E-state index is 6.05. The minimum atomic E-state index is 0.489. The summed E-state index contributed by atoms with van der Waals surface area (Å²) in [6, 6.07) is 6.09. The number of alkyl halides is 1. The second-order valence-corrected chi connectivity index (χ2v) is 8.15. The molecule has 0 saturated heterocycles. The lowest BCUT2D eigenvalue weighted by Crippen LogP contribution is -2.01. The molecule has 28 heavy (non-hydrogen) atoms. The van der Waals surface area contributed by atoms with Crippen LogP contribution < -0.4 is 9.47 Å². The first-order chi connectivity index (χ1) is 13.8. The average molecular weight is 411 g/mol. The van der Waals surface area contributed by atoms with E-state index in [0.29, 0.717) is 5.88 Å². The molecule has 2 nitrogen and oxygen atoms in total. The normalized spacial score (nSPS) is 11.0. The van der Waals surface area contributed by atoms with Crippen LogP contribution in [0, 0.1) is 0 Å². The van der Waals surface area contributed by atoms with Crippen molar-refractivity contribution in [2.24, 2.45) is 0 Å². The lowest BCUT2D eigenvalue weighted by Gasteiger charge is -2.12. The Labute approximate surface area is 179 Å². The van der Waals surface area contributed by atoms with Gasteiger partial charge in [0.2, 0.25) is 0 Å². The largest absolute Gasteiger partial charge is 0.493 e. The topological polar surface area (TPSA) is 18.5 Å². The molecule has 0 fully saturated rings. The van der Waals surface area contributed by atoms with Gasteiger partial charge in [0.15, 0.2) is 0 Å². The van der Waals surface area contributed by atoms with Crippen molar-refractivity contribution in [1.29, 1.82) is 0 Å². The molecule has 0 amide bonds. The number of unbranched alkanes of at least 4 members (excludes halogenated alkanes) is 12. The fraction of sp³-hybridized carbons (Fsp3) is 0.760. The minimum absolute atomic E-state index is 0.489. The van der Waals surface area contributed by atoms with Crippen molar-refractivity contribution in [1.82, 2.24) is 0 Å². The average Bonchev–Trinajstić information content (AvgIpc) is 2.71. The molecule has 0 aliphatic heterocycles. The molecule has 0 atom stereocenters. The summed E-state index contributed by atoms with van der Waals surface area (Å²) in [6.07, 6.45) is 18.2. The molecule has 0 unspecified atom stereocenters. The maximum atomic E-state index is 6.05. The molecular formula is C25H43ClO2. The second kappa shape index (κ2) is 18.2. The predicted octanol–water partition coefficient (Wildman–Crippen LogP) is 8.68. The van der Waals surface area contributed by atoms with E-state index in [1.54, 1.807) is 0 Å². The summed E-state index contributed by atoms with van der Waals surface area (Å²) >= 11 is 6.05. The van der Waals surface area contributed by atoms with E-state index in [2.05, 4.69) is 13.8 Å². The number of halogens is 1. The van der Waals surface area contributed by atoms with Gasteiger partial charge in [0.1, 0.15) is 11.5 Å². The van der Waals surface area contributed by atoms with Crippen molar-refractivity contribution in [3.8, 4) is 11.5 Å². The van der Waals surface area contributed by atoms with Crippen LogP contribution in [-0.4, -0.2) is 13.2 Å². The summed E-state index contributed by atoms with van der Waals surface area (Å²) in [5.41, 5.74) is 1.06. The van der Waals surface area contributed by atoms with Crippen molar-refractivity contribution < 1.29 is 9.47 Å². The van der Waals surface area contributed by atoms with Gasteiger partial charge in [-0.05, 0) is 30.5 Å². The van der Waals surface area contributed by atoms with Gasteiger partial charge in [0.25, 0.3) is 0 Å². The Morgan fingerprint density at radius 3 is 1.36 bits per heavy atom. The van der Waals surface area contributed by atoms with Crippen LogP contribution in [0.3, 0.4) is 0 Å². The lowest BCUT2D eigenvalue weighted by atomic mass is 10.1. The molecule has 1 aromatic rings. The van der Waals surface area contributed by atoms with Gasteiger partial charge in [-0.15, -0.1) is 11.6 Å². The molecule has 0 heterocycles. The van der Waals surface area contributed by atoms with Crippen molar-refractivity contribution in [3.63, 3.8) is 0 Å². The van der Waals surface area contributed by atoms with Crippen LogP contribution in [0.4, 0.5) is 0 Å². The molecule has 0 aromatic heterocycles. The Morgan fingerprint density at radius 2 is 0.964 bits per heavy atom. The van der Waals surface area contributed by atoms with Crippen LogP contribution in [0.15, 0.2) is 18.2 Å². The van der Waals surface area contributed by atoms with Gasteiger partial charge in [-0.2, -0.15) is 0 Å². The number of ether oxygens (including phenoxy) is 2. The molecule has 0 radical (unpaired) electrons. The van der Waals surface area contributed by atoms with E-state index < -0.39 is 0 Å². The van der Waals surface area contributed by atoms with Crippen molar-refractivity contribution in [3.05, 3.63) is 23.8 Å². The Morgan fingerprint density at radius 1 is 0.571 bits per heavy atom. The summed E-state index contributed by atoms with van der Waals surface area (Å²) in [7, 11) is 0. The second-order valence-electron chi connectivity index (χ2n) is 7.89. The Bertz CT molecular complexity index is 437. The Balaban J connectivity index is 2.22. The SMILES string of the molecule is CCCCCCCCCOc1cc(CCl)cc(OCCCCCCCCC)c1. The molecule has 1 rings (SSSR count).